The zero-order valence-corrected chi connectivity index (χ0v) is 22.9. The molecule has 3 heterocycles. The van der Waals surface area contributed by atoms with Gasteiger partial charge in [-0.1, -0.05) is 6.07 Å². The molecule has 1 N–H and O–H groups in total. The van der Waals surface area contributed by atoms with Gasteiger partial charge in [0, 0.05) is 38.3 Å². The number of methoxy groups -OCH3 is 1. The fraction of sp³-hybridized carbons (Fsp3) is 0.393. The van der Waals surface area contributed by atoms with Gasteiger partial charge in [-0.3, -0.25) is 10.1 Å². The number of hydrogen-bond acceptors (Lipinski definition) is 12. The number of carbonyl (C=O) groups is 1. The topological polar surface area (TPSA) is 148 Å². The monoisotopic (exact) mass is 560 g/mol. The molecule has 2 saturated heterocycles. The highest BCUT2D eigenvalue weighted by atomic mass is 16.6. The van der Waals surface area contributed by atoms with Gasteiger partial charge in [0.2, 0.25) is 17.8 Å². The van der Waals surface area contributed by atoms with Crippen molar-refractivity contribution in [3.05, 3.63) is 63.7 Å². The van der Waals surface area contributed by atoms with E-state index in [2.05, 4.69) is 30.3 Å². The first-order chi connectivity index (χ1) is 20.0. The van der Waals surface area contributed by atoms with Crippen LogP contribution in [0.3, 0.4) is 0 Å². The number of nitrogens with one attached hydrogen (secondary N) is 1. The van der Waals surface area contributed by atoms with E-state index in [-0.39, 0.29) is 17.0 Å². The van der Waals surface area contributed by atoms with Gasteiger partial charge in [0.15, 0.2) is 11.5 Å². The zero-order chi connectivity index (χ0) is 28.6. The predicted octanol–water partition coefficient (Wildman–Crippen LogP) is 4.43. The maximum absolute atomic E-state index is 12.6. The number of rotatable bonds is 9. The Balaban J connectivity index is 1.30. The number of esters is 1. The molecule has 13 heteroatoms. The zero-order valence-electron chi connectivity index (χ0n) is 22.9. The number of hydrazone groups is 1. The molecular formula is C28H32N8O5. The van der Waals surface area contributed by atoms with E-state index >= 15 is 0 Å². The molecular weight excluding hydrogens is 528 g/mol. The van der Waals surface area contributed by atoms with Gasteiger partial charge >= 0.3 is 5.97 Å². The number of carbonyl (C=O) groups excluding carboxylic acids is 1. The largest absolute Gasteiger partial charge is 0.493 e. The lowest BCUT2D eigenvalue weighted by atomic mass is 10.1. The third-order valence-electron chi connectivity index (χ3n) is 6.95. The van der Waals surface area contributed by atoms with Crippen molar-refractivity contribution in [3.63, 3.8) is 0 Å². The van der Waals surface area contributed by atoms with Gasteiger partial charge in [-0.05, 0) is 68.4 Å². The molecule has 0 amide bonds. The van der Waals surface area contributed by atoms with Crippen molar-refractivity contribution < 1.29 is 19.2 Å². The predicted molar refractivity (Wildman–Crippen MR) is 154 cm³/mol. The normalized spacial score (nSPS) is 15.5. The minimum atomic E-state index is -0.737. The van der Waals surface area contributed by atoms with Crippen molar-refractivity contribution in [2.45, 2.75) is 38.5 Å². The Morgan fingerprint density at radius 3 is 2.20 bits per heavy atom. The number of nitrogens with zero attached hydrogens (tertiary/aromatic N) is 7. The van der Waals surface area contributed by atoms with Gasteiger partial charge in [0.25, 0.3) is 5.69 Å². The van der Waals surface area contributed by atoms with Crippen LogP contribution in [-0.2, 0) is 0 Å². The molecule has 0 bridgehead atoms. The third kappa shape index (κ3) is 7.04. The molecule has 0 aliphatic carbocycles. The molecule has 2 fully saturated rings. The first-order valence-electron chi connectivity index (χ1n) is 13.7. The van der Waals surface area contributed by atoms with Crippen LogP contribution in [0.1, 0.15) is 54.4 Å². The quantitative estimate of drug-likeness (QED) is 0.130. The molecule has 2 aliphatic rings. The molecule has 0 spiro atoms. The lowest BCUT2D eigenvalue weighted by molar-refractivity contribution is -0.384. The molecule has 2 aliphatic heterocycles. The fourth-order valence-corrected chi connectivity index (χ4v) is 4.79. The molecule has 0 radical (unpaired) electrons. The maximum atomic E-state index is 12.6. The number of nitro benzene ring substituents is 1. The lowest BCUT2D eigenvalue weighted by Gasteiger charge is -2.30. The molecule has 41 heavy (non-hydrogen) atoms. The average Bonchev–Trinajstić information content (AvgIpc) is 3.02. The van der Waals surface area contributed by atoms with Gasteiger partial charge in [-0.15, -0.1) is 0 Å². The smallest absolute Gasteiger partial charge is 0.343 e. The van der Waals surface area contributed by atoms with Gasteiger partial charge in [-0.25, -0.2) is 10.2 Å². The summed E-state index contributed by atoms with van der Waals surface area (Å²) in [5, 5.41) is 15.4. The van der Waals surface area contributed by atoms with E-state index in [0.29, 0.717) is 29.2 Å². The Kier molecular flexibility index (Phi) is 8.82. The minimum Gasteiger partial charge on any atom is -0.493 e. The average molecular weight is 561 g/mol. The van der Waals surface area contributed by atoms with Crippen molar-refractivity contribution in [1.29, 1.82) is 0 Å². The standard InChI is InChI=1S/C28H32N8O5/c1-40-24-17-20(11-12-23(24)41-25(37)21-9-8-10-22(18-21)36(38)39)19-29-33-26-30-27(34-13-4-2-5-14-34)32-28(31-26)35-15-6-3-7-16-35/h8-12,17-19H,2-7,13-16H2,1H3,(H,30,31,32,33). The second-order valence-corrected chi connectivity index (χ2v) is 9.83. The van der Waals surface area contributed by atoms with Crippen molar-refractivity contribution >= 4 is 35.7 Å². The third-order valence-corrected chi connectivity index (χ3v) is 6.95. The number of anilines is 3. The number of piperidine rings is 2. The second-order valence-electron chi connectivity index (χ2n) is 9.83. The number of hydrogen-bond donors (Lipinski definition) is 1. The fourth-order valence-electron chi connectivity index (χ4n) is 4.79. The number of non-ortho nitro benzene ring substituents is 1. The van der Waals surface area contributed by atoms with E-state index < -0.39 is 10.9 Å². The second kappa shape index (κ2) is 13.0. The van der Waals surface area contributed by atoms with Crippen LogP contribution in [0.5, 0.6) is 11.5 Å². The first-order valence-corrected chi connectivity index (χ1v) is 13.7. The molecule has 3 aromatic rings. The van der Waals surface area contributed by atoms with E-state index in [1.54, 1.807) is 24.4 Å². The summed E-state index contributed by atoms with van der Waals surface area (Å²) in [5.74, 6) is 1.42. The molecule has 2 aromatic carbocycles. The van der Waals surface area contributed by atoms with Crippen LogP contribution < -0.4 is 24.7 Å². The molecule has 0 saturated carbocycles. The SMILES string of the molecule is COc1cc(C=NNc2nc(N3CCCCC3)nc(N3CCCCC3)n2)ccc1OC(=O)c1cccc([N+](=O)[O-])c1. The maximum Gasteiger partial charge on any atom is 0.343 e. The highest BCUT2D eigenvalue weighted by Gasteiger charge is 2.20. The van der Waals surface area contributed by atoms with Crippen molar-refractivity contribution in [2.75, 3.05) is 48.5 Å². The van der Waals surface area contributed by atoms with Crippen LogP contribution >= 0.6 is 0 Å². The Morgan fingerprint density at radius 2 is 1.59 bits per heavy atom. The van der Waals surface area contributed by atoms with Crippen LogP contribution in [-0.4, -0.2) is 65.3 Å². The van der Waals surface area contributed by atoms with E-state index in [0.717, 1.165) is 57.9 Å². The molecule has 214 valence electrons. The van der Waals surface area contributed by atoms with Gasteiger partial charge in [-0.2, -0.15) is 20.1 Å². The van der Waals surface area contributed by atoms with Crippen LogP contribution in [0, 0.1) is 10.1 Å². The molecule has 1 aromatic heterocycles. The van der Waals surface area contributed by atoms with Gasteiger partial charge in [0.1, 0.15) is 0 Å². The van der Waals surface area contributed by atoms with Crippen molar-refractivity contribution in [1.82, 2.24) is 15.0 Å². The summed E-state index contributed by atoms with van der Waals surface area (Å²) >= 11 is 0. The summed E-state index contributed by atoms with van der Waals surface area (Å²) in [4.78, 5) is 41.5. The molecule has 0 unspecified atom stereocenters. The summed E-state index contributed by atoms with van der Waals surface area (Å²) in [7, 11) is 1.45. The molecule has 0 atom stereocenters. The summed E-state index contributed by atoms with van der Waals surface area (Å²) in [6, 6.07) is 10.3. The Hall–Kier alpha value is -4.81. The highest BCUT2D eigenvalue weighted by Crippen LogP contribution is 2.29. The number of aromatic nitrogens is 3. The molecule has 13 nitrogen and oxygen atoms in total. The van der Waals surface area contributed by atoms with E-state index in [9.17, 15) is 14.9 Å². The Morgan fingerprint density at radius 1 is 0.927 bits per heavy atom. The summed E-state index contributed by atoms with van der Waals surface area (Å²) in [6.45, 7) is 3.68. The number of nitro groups is 1. The van der Waals surface area contributed by atoms with Gasteiger partial charge < -0.3 is 19.3 Å². The lowest BCUT2D eigenvalue weighted by Crippen LogP contribution is -2.34. The summed E-state index contributed by atoms with van der Waals surface area (Å²) in [6.07, 6.45) is 8.47. The Bertz CT molecular complexity index is 1380. The van der Waals surface area contributed by atoms with E-state index in [1.165, 1.54) is 38.2 Å². The highest BCUT2D eigenvalue weighted by molar-refractivity contribution is 5.92. The van der Waals surface area contributed by atoms with Crippen LogP contribution in [0.4, 0.5) is 23.5 Å². The first kappa shape index (κ1) is 27.7. The summed E-state index contributed by atoms with van der Waals surface area (Å²) in [5.41, 5.74) is 3.47. The van der Waals surface area contributed by atoms with Crippen molar-refractivity contribution in [2.24, 2.45) is 5.10 Å². The van der Waals surface area contributed by atoms with Crippen molar-refractivity contribution in [3.8, 4) is 11.5 Å². The van der Waals surface area contributed by atoms with Crippen LogP contribution in [0.2, 0.25) is 0 Å². The number of benzene rings is 2. The van der Waals surface area contributed by atoms with E-state index in [1.807, 2.05) is 0 Å². The van der Waals surface area contributed by atoms with Crippen LogP contribution in [0.15, 0.2) is 47.6 Å². The van der Waals surface area contributed by atoms with Crippen LogP contribution in [0.25, 0.3) is 0 Å². The minimum absolute atomic E-state index is 0.0567. The number of ether oxygens (including phenoxy) is 2. The molecule has 5 rings (SSSR count). The Labute approximate surface area is 237 Å². The van der Waals surface area contributed by atoms with Gasteiger partial charge in [0.05, 0.1) is 23.8 Å². The van der Waals surface area contributed by atoms with E-state index in [4.69, 9.17) is 14.5 Å². The summed E-state index contributed by atoms with van der Waals surface area (Å²) < 4.78 is 10.8.